The summed E-state index contributed by atoms with van der Waals surface area (Å²) in [5.41, 5.74) is 0. The fraction of sp³-hybridized carbons (Fsp3) is 1.00. The predicted molar refractivity (Wildman–Crippen MR) is 53.0 cm³/mol. The molecule has 0 aliphatic carbocycles. The highest BCUT2D eigenvalue weighted by molar-refractivity contribution is 7.82. The Kier molecular flexibility index (Phi) is 7.03. The lowest BCUT2D eigenvalue weighted by Gasteiger charge is -2.03. The summed E-state index contributed by atoms with van der Waals surface area (Å²) in [6.45, 7) is -0.209. The van der Waals surface area contributed by atoms with E-state index in [0.717, 1.165) is 14.2 Å². The van der Waals surface area contributed by atoms with Gasteiger partial charge in [-0.1, -0.05) is 0 Å². The molecule has 0 bridgehead atoms. The summed E-state index contributed by atoms with van der Waals surface area (Å²) in [6, 6.07) is 0. The average molecular weight is 278 g/mol. The summed E-state index contributed by atoms with van der Waals surface area (Å²) < 4.78 is 59.3. The lowest BCUT2D eigenvalue weighted by Crippen LogP contribution is -2.11. The van der Waals surface area contributed by atoms with Crippen molar-refractivity contribution < 1.29 is 33.6 Å². The van der Waals surface area contributed by atoms with Gasteiger partial charge < -0.3 is 0 Å². The van der Waals surface area contributed by atoms with Crippen molar-refractivity contribution in [3.8, 4) is 0 Å². The summed E-state index contributed by atoms with van der Waals surface area (Å²) in [7, 11) is -5.90. The number of unbranched alkanes of at least 4 members (excludes halogenated alkanes) is 1. The van der Waals surface area contributed by atoms with Gasteiger partial charge in [-0.3, -0.25) is 8.37 Å². The molecule has 0 aromatic heterocycles. The van der Waals surface area contributed by atoms with Crippen LogP contribution >= 0.6 is 0 Å². The highest BCUT2D eigenvalue weighted by atomic mass is 32.3. The van der Waals surface area contributed by atoms with Crippen LogP contribution in [-0.2, 0) is 37.5 Å². The molecule has 0 radical (unpaired) electrons. The minimum Gasteiger partial charge on any atom is -0.252 e. The molecule has 0 N–H and O–H groups in total. The third-order valence-corrected chi connectivity index (χ3v) is 3.13. The molecule has 0 unspecified atom stereocenters. The maximum absolute atomic E-state index is 10.6. The number of rotatable bonds is 9. The fourth-order valence-electron chi connectivity index (χ4n) is 0.622. The van der Waals surface area contributed by atoms with Gasteiger partial charge in [-0.15, -0.1) is 0 Å². The Morgan fingerprint density at radius 2 is 1.06 bits per heavy atom. The highest BCUT2D eigenvalue weighted by Crippen LogP contribution is 2.00. The molecule has 0 saturated carbocycles. The molecule has 0 amide bonds. The zero-order chi connectivity index (χ0) is 12.7. The van der Waals surface area contributed by atoms with E-state index in [1.807, 2.05) is 0 Å². The molecule has 0 heterocycles. The van der Waals surface area contributed by atoms with Gasteiger partial charge in [0.1, 0.15) is 0 Å². The second-order valence-corrected chi connectivity index (χ2v) is 5.27. The quantitative estimate of drug-likeness (QED) is 0.524. The van der Waals surface area contributed by atoms with Crippen LogP contribution in [0.3, 0.4) is 0 Å². The number of hydrogen-bond donors (Lipinski definition) is 0. The Bertz CT molecular complexity index is 331. The standard InChI is InChI=1S/C6H14O8S2/c1-11-15(7,8)13-5-3-4-6-14-16(9,10)12-2/h3-6H2,1-2H3. The zero-order valence-corrected chi connectivity index (χ0v) is 10.5. The molecular weight excluding hydrogens is 264 g/mol. The molecule has 16 heavy (non-hydrogen) atoms. The van der Waals surface area contributed by atoms with Gasteiger partial charge in [-0.2, -0.15) is 16.8 Å². The molecule has 0 aliphatic rings. The van der Waals surface area contributed by atoms with Gasteiger partial charge in [0.05, 0.1) is 27.4 Å². The second-order valence-electron chi connectivity index (χ2n) is 2.50. The molecule has 98 valence electrons. The van der Waals surface area contributed by atoms with Gasteiger partial charge in [0.25, 0.3) is 0 Å². The first-order valence-corrected chi connectivity index (χ1v) is 6.89. The van der Waals surface area contributed by atoms with Gasteiger partial charge >= 0.3 is 20.8 Å². The van der Waals surface area contributed by atoms with Gasteiger partial charge in [0.2, 0.25) is 0 Å². The molecule has 0 aromatic carbocycles. The van der Waals surface area contributed by atoms with Gasteiger partial charge in [0.15, 0.2) is 0 Å². The van der Waals surface area contributed by atoms with E-state index in [1.54, 1.807) is 0 Å². The van der Waals surface area contributed by atoms with Gasteiger partial charge in [0, 0.05) is 0 Å². The lowest BCUT2D eigenvalue weighted by molar-refractivity contribution is 0.214. The fourth-order valence-corrected chi connectivity index (χ4v) is 1.46. The molecule has 0 saturated heterocycles. The summed E-state index contributed by atoms with van der Waals surface area (Å²) in [6.07, 6.45) is 0.615. The first-order valence-electron chi connectivity index (χ1n) is 4.23. The maximum atomic E-state index is 10.6. The van der Waals surface area contributed by atoms with Crippen molar-refractivity contribution in [2.45, 2.75) is 12.8 Å². The topological polar surface area (TPSA) is 105 Å². The smallest absolute Gasteiger partial charge is 0.252 e. The molecular formula is C6H14O8S2. The van der Waals surface area contributed by atoms with Crippen LogP contribution in [0, 0.1) is 0 Å². The van der Waals surface area contributed by atoms with Crippen molar-refractivity contribution in [2.75, 3.05) is 27.4 Å². The van der Waals surface area contributed by atoms with Crippen LogP contribution in [0.25, 0.3) is 0 Å². The Morgan fingerprint density at radius 3 is 1.31 bits per heavy atom. The normalized spacial score (nSPS) is 12.9. The molecule has 8 nitrogen and oxygen atoms in total. The first-order chi connectivity index (χ1) is 7.33. The second kappa shape index (κ2) is 7.14. The molecule has 0 atom stereocenters. The average Bonchev–Trinajstić information content (AvgIpc) is 2.23. The van der Waals surface area contributed by atoms with Crippen LogP contribution in [0.15, 0.2) is 0 Å². The summed E-state index contributed by atoms with van der Waals surface area (Å²) in [5.74, 6) is 0. The third kappa shape index (κ3) is 7.96. The largest absolute Gasteiger partial charge is 0.399 e. The highest BCUT2D eigenvalue weighted by Gasteiger charge is 2.09. The summed E-state index contributed by atoms with van der Waals surface area (Å²) >= 11 is 0. The van der Waals surface area contributed by atoms with E-state index in [9.17, 15) is 16.8 Å². The first kappa shape index (κ1) is 15.7. The molecule has 0 aromatic rings. The maximum Gasteiger partial charge on any atom is 0.399 e. The Hall–Kier alpha value is -0.260. The Morgan fingerprint density at radius 1 is 0.750 bits per heavy atom. The SMILES string of the molecule is COS(=O)(=O)OCCCCOS(=O)(=O)OC. The summed E-state index contributed by atoms with van der Waals surface area (Å²) in [4.78, 5) is 0. The van der Waals surface area contributed by atoms with Crippen LogP contribution < -0.4 is 0 Å². The van der Waals surface area contributed by atoms with Crippen molar-refractivity contribution >= 4 is 20.8 Å². The molecule has 10 heteroatoms. The van der Waals surface area contributed by atoms with E-state index in [1.165, 1.54) is 0 Å². The van der Waals surface area contributed by atoms with Crippen molar-refractivity contribution in [3.63, 3.8) is 0 Å². The summed E-state index contributed by atoms with van der Waals surface area (Å²) in [5, 5.41) is 0. The third-order valence-electron chi connectivity index (χ3n) is 1.40. The Labute approximate surface area is 95.1 Å². The monoisotopic (exact) mass is 278 g/mol. The van der Waals surface area contributed by atoms with E-state index in [0.29, 0.717) is 12.8 Å². The van der Waals surface area contributed by atoms with Gasteiger partial charge in [-0.05, 0) is 12.8 Å². The molecule has 0 spiro atoms. The van der Waals surface area contributed by atoms with Crippen LogP contribution in [0.2, 0.25) is 0 Å². The van der Waals surface area contributed by atoms with Crippen LogP contribution in [0.4, 0.5) is 0 Å². The van der Waals surface area contributed by atoms with Crippen LogP contribution in [-0.4, -0.2) is 44.3 Å². The van der Waals surface area contributed by atoms with Crippen LogP contribution in [0.5, 0.6) is 0 Å². The molecule has 0 rings (SSSR count). The van der Waals surface area contributed by atoms with E-state index in [4.69, 9.17) is 0 Å². The van der Waals surface area contributed by atoms with E-state index in [-0.39, 0.29) is 13.2 Å². The molecule has 0 fully saturated rings. The van der Waals surface area contributed by atoms with Crippen molar-refractivity contribution in [3.05, 3.63) is 0 Å². The van der Waals surface area contributed by atoms with E-state index >= 15 is 0 Å². The number of hydrogen-bond acceptors (Lipinski definition) is 8. The zero-order valence-electron chi connectivity index (χ0n) is 8.91. The predicted octanol–water partition coefficient (Wildman–Crippen LogP) is -0.418. The van der Waals surface area contributed by atoms with Crippen molar-refractivity contribution in [1.29, 1.82) is 0 Å². The Balaban J connectivity index is 3.57. The van der Waals surface area contributed by atoms with E-state index < -0.39 is 20.8 Å². The lowest BCUT2D eigenvalue weighted by atomic mass is 10.3. The molecule has 0 aliphatic heterocycles. The van der Waals surface area contributed by atoms with E-state index in [2.05, 4.69) is 16.7 Å². The van der Waals surface area contributed by atoms with Crippen LogP contribution in [0.1, 0.15) is 12.8 Å². The minimum atomic E-state index is -3.92. The van der Waals surface area contributed by atoms with Gasteiger partial charge in [-0.25, -0.2) is 8.37 Å². The van der Waals surface area contributed by atoms with Crippen molar-refractivity contribution in [1.82, 2.24) is 0 Å². The minimum absolute atomic E-state index is 0.105. The van der Waals surface area contributed by atoms with Crippen molar-refractivity contribution in [2.24, 2.45) is 0 Å².